The van der Waals surface area contributed by atoms with Gasteiger partial charge >= 0.3 is 0 Å². The number of rotatable bonds is 11. The molecule has 0 bridgehead atoms. The molecule has 29 heavy (non-hydrogen) atoms. The number of hydrogen-bond acceptors (Lipinski definition) is 5. The first-order valence-corrected chi connectivity index (χ1v) is 10.7. The maximum absolute atomic E-state index is 10.0. The summed E-state index contributed by atoms with van der Waals surface area (Å²) in [7, 11) is 0. The van der Waals surface area contributed by atoms with E-state index in [9.17, 15) is 10.2 Å². The molecule has 2 aromatic carbocycles. The second kappa shape index (κ2) is 11.7. The van der Waals surface area contributed by atoms with Gasteiger partial charge in [-0.15, -0.1) is 0 Å². The van der Waals surface area contributed by atoms with Crippen molar-refractivity contribution < 1.29 is 19.7 Å². The van der Waals surface area contributed by atoms with Crippen molar-refractivity contribution in [3.63, 3.8) is 0 Å². The Morgan fingerprint density at radius 3 is 2.28 bits per heavy atom. The Bertz CT molecular complexity index is 696. The van der Waals surface area contributed by atoms with E-state index in [1.807, 2.05) is 0 Å². The Morgan fingerprint density at radius 2 is 1.55 bits per heavy atom. The first kappa shape index (κ1) is 21.5. The first-order valence-electron chi connectivity index (χ1n) is 10.7. The lowest BCUT2D eigenvalue weighted by atomic mass is 9.90. The summed E-state index contributed by atoms with van der Waals surface area (Å²) in [5, 5.41) is 22.5. The third kappa shape index (κ3) is 7.95. The van der Waals surface area contributed by atoms with Crippen molar-refractivity contribution in [2.75, 3.05) is 26.3 Å². The fourth-order valence-corrected chi connectivity index (χ4v) is 3.62. The van der Waals surface area contributed by atoms with E-state index >= 15 is 0 Å². The fourth-order valence-electron chi connectivity index (χ4n) is 3.62. The summed E-state index contributed by atoms with van der Waals surface area (Å²) in [6.07, 6.45) is 6.98. The molecule has 1 saturated carbocycles. The molecular weight excluding hydrogens is 366 g/mol. The maximum atomic E-state index is 10.0. The third-order valence-corrected chi connectivity index (χ3v) is 5.38. The van der Waals surface area contributed by atoms with Crippen LogP contribution in [0.25, 0.3) is 0 Å². The molecule has 0 amide bonds. The number of ether oxygens (including phenoxy) is 2. The van der Waals surface area contributed by atoms with Crippen molar-refractivity contribution in [1.29, 1.82) is 0 Å². The van der Waals surface area contributed by atoms with Gasteiger partial charge in [0.2, 0.25) is 0 Å². The van der Waals surface area contributed by atoms with Gasteiger partial charge in [0.1, 0.15) is 30.0 Å². The normalized spacial score (nSPS) is 15.8. The molecule has 1 fully saturated rings. The second-order valence-electron chi connectivity index (χ2n) is 7.87. The van der Waals surface area contributed by atoms with Gasteiger partial charge < -0.3 is 25.0 Å². The van der Waals surface area contributed by atoms with E-state index in [4.69, 9.17) is 9.47 Å². The predicted octanol–water partition coefficient (Wildman–Crippen LogP) is 3.92. The Balaban J connectivity index is 1.27. The van der Waals surface area contributed by atoms with Gasteiger partial charge in [-0.3, -0.25) is 0 Å². The van der Waals surface area contributed by atoms with E-state index in [0.717, 1.165) is 31.2 Å². The van der Waals surface area contributed by atoms with Gasteiger partial charge in [-0.25, -0.2) is 0 Å². The Labute approximate surface area is 173 Å². The van der Waals surface area contributed by atoms with Crippen LogP contribution in [0.4, 0.5) is 0 Å². The van der Waals surface area contributed by atoms with Gasteiger partial charge in [0.25, 0.3) is 0 Å². The number of aliphatic hydroxyl groups is 1. The number of nitrogens with one attached hydrogen (secondary N) is 1. The van der Waals surface area contributed by atoms with Gasteiger partial charge in [-0.2, -0.15) is 0 Å². The molecular formula is C24H33NO4. The molecule has 0 spiro atoms. The van der Waals surface area contributed by atoms with Crippen LogP contribution in [0.2, 0.25) is 0 Å². The summed E-state index contributed by atoms with van der Waals surface area (Å²) in [6, 6.07) is 14.8. The Hall–Kier alpha value is -2.24. The topological polar surface area (TPSA) is 71.0 Å². The van der Waals surface area contributed by atoms with E-state index in [0.29, 0.717) is 12.3 Å². The lowest BCUT2D eigenvalue weighted by Gasteiger charge is -2.21. The van der Waals surface area contributed by atoms with Gasteiger partial charge in [-0.05, 0) is 73.7 Å². The first-order chi connectivity index (χ1) is 14.2. The van der Waals surface area contributed by atoms with Crippen LogP contribution in [0.1, 0.15) is 37.7 Å². The van der Waals surface area contributed by atoms with Gasteiger partial charge in [0, 0.05) is 6.54 Å². The number of benzene rings is 2. The predicted molar refractivity (Wildman–Crippen MR) is 115 cm³/mol. The van der Waals surface area contributed by atoms with Crippen molar-refractivity contribution in [1.82, 2.24) is 5.32 Å². The minimum atomic E-state index is -0.584. The molecule has 1 aliphatic carbocycles. The van der Waals surface area contributed by atoms with Gasteiger partial charge in [0.05, 0.1) is 6.61 Å². The Morgan fingerprint density at radius 1 is 0.897 bits per heavy atom. The SMILES string of the molecule is Oc1ccc(OC[C@@H](O)CNCCc2ccc(OCC3CCCCC3)cc2)cc1. The summed E-state index contributed by atoms with van der Waals surface area (Å²) >= 11 is 0. The molecule has 2 aromatic rings. The minimum absolute atomic E-state index is 0.198. The molecule has 0 aliphatic heterocycles. The van der Waals surface area contributed by atoms with Crippen molar-refractivity contribution in [3.8, 4) is 17.2 Å². The monoisotopic (exact) mass is 399 g/mol. The summed E-state index contributed by atoms with van der Waals surface area (Å²) in [5.41, 5.74) is 1.25. The van der Waals surface area contributed by atoms with E-state index in [-0.39, 0.29) is 12.4 Å². The highest BCUT2D eigenvalue weighted by molar-refractivity contribution is 5.30. The van der Waals surface area contributed by atoms with E-state index in [1.54, 1.807) is 24.3 Å². The zero-order chi connectivity index (χ0) is 20.3. The molecule has 0 saturated heterocycles. The summed E-state index contributed by atoms with van der Waals surface area (Å²) in [6.45, 7) is 2.31. The smallest absolute Gasteiger partial charge is 0.119 e. The highest BCUT2D eigenvalue weighted by Gasteiger charge is 2.13. The van der Waals surface area contributed by atoms with Crippen LogP contribution in [0.5, 0.6) is 17.2 Å². The molecule has 5 nitrogen and oxygen atoms in total. The van der Waals surface area contributed by atoms with Crippen molar-refractivity contribution >= 4 is 0 Å². The minimum Gasteiger partial charge on any atom is -0.508 e. The third-order valence-electron chi connectivity index (χ3n) is 5.38. The number of aromatic hydroxyl groups is 1. The quantitative estimate of drug-likeness (QED) is 0.500. The molecule has 158 valence electrons. The molecule has 3 N–H and O–H groups in total. The average molecular weight is 400 g/mol. The van der Waals surface area contributed by atoms with Crippen LogP contribution in [0.3, 0.4) is 0 Å². The molecule has 3 rings (SSSR count). The summed E-state index contributed by atoms with van der Waals surface area (Å²) in [5.74, 6) is 2.50. The maximum Gasteiger partial charge on any atom is 0.119 e. The fraction of sp³-hybridized carbons (Fsp3) is 0.500. The molecule has 0 radical (unpaired) electrons. The molecule has 0 heterocycles. The highest BCUT2D eigenvalue weighted by Crippen LogP contribution is 2.24. The number of phenols is 1. The standard InChI is InChI=1S/C24H33NO4/c26-21-8-12-24(13-9-21)29-18-22(27)16-25-15-14-19-6-10-23(11-7-19)28-17-20-4-2-1-3-5-20/h6-13,20,22,25-27H,1-5,14-18H2/t22-/m0/s1. The highest BCUT2D eigenvalue weighted by atomic mass is 16.5. The lowest BCUT2D eigenvalue weighted by molar-refractivity contribution is 0.106. The molecule has 0 unspecified atom stereocenters. The number of aliphatic hydroxyl groups excluding tert-OH is 1. The van der Waals surface area contributed by atoms with Crippen LogP contribution in [0, 0.1) is 5.92 Å². The average Bonchev–Trinajstić information content (AvgIpc) is 2.76. The van der Waals surface area contributed by atoms with Crippen molar-refractivity contribution in [3.05, 3.63) is 54.1 Å². The second-order valence-corrected chi connectivity index (χ2v) is 7.87. The van der Waals surface area contributed by atoms with Gasteiger partial charge in [-0.1, -0.05) is 31.4 Å². The van der Waals surface area contributed by atoms with Crippen molar-refractivity contribution in [2.24, 2.45) is 5.92 Å². The molecule has 0 aromatic heterocycles. The number of phenolic OH excluding ortho intramolecular Hbond substituents is 1. The van der Waals surface area contributed by atoms with Crippen LogP contribution < -0.4 is 14.8 Å². The van der Waals surface area contributed by atoms with Crippen LogP contribution in [0.15, 0.2) is 48.5 Å². The number of hydrogen-bond donors (Lipinski definition) is 3. The Kier molecular flexibility index (Phi) is 8.65. The van der Waals surface area contributed by atoms with Gasteiger partial charge in [0.15, 0.2) is 0 Å². The zero-order valence-electron chi connectivity index (χ0n) is 17.1. The zero-order valence-corrected chi connectivity index (χ0v) is 17.1. The largest absolute Gasteiger partial charge is 0.508 e. The van der Waals surface area contributed by atoms with E-state index in [2.05, 4.69) is 29.6 Å². The van der Waals surface area contributed by atoms with Crippen LogP contribution in [-0.2, 0) is 6.42 Å². The van der Waals surface area contributed by atoms with E-state index in [1.165, 1.54) is 37.7 Å². The molecule has 5 heteroatoms. The van der Waals surface area contributed by atoms with E-state index < -0.39 is 6.10 Å². The lowest BCUT2D eigenvalue weighted by Crippen LogP contribution is -2.32. The van der Waals surface area contributed by atoms with Crippen LogP contribution in [-0.4, -0.2) is 42.6 Å². The van der Waals surface area contributed by atoms with Crippen molar-refractivity contribution in [2.45, 2.75) is 44.6 Å². The van der Waals surface area contributed by atoms with Crippen LogP contribution >= 0.6 is 0 Å². The molecule has 1 atom stereocenters. The summed E-state index contributed by atoms with van der Waals surface area (Å²) in [4.78, 5) is 0. The summed E-state index contributed by atoms with van der Waals surface area (Å²) < 4.78 is 11.5. The molecule has 1 aliphatic rings.